The largest absolute Gasteiger partial charge is 0.493 e. The van der Waals surface area contributed by atoms with Crippen LogP contribution in [0.15, 0.2) is 41.8 Å². The molecule has 1 aromatic carbocycles. The maximum atomic E-state index is 12.5. The van der Waals surface area contributed by atoms with Gasteiger partial charge in [-0.2, -0.15) is 8.42 Å². The van der Waals surface area contributed by atoms with Crippen molar-refractivity contribution in [3.05, 3.63) is 36.9 Å². The fourth-order valence-corrected chi connectivity index (χ4v) is 1.42. The fraction of sp³-hybridized carbons (Fsp3) is 0.200. The molecule has 0 aromatic heterocycles. The Morgan fingerprint density at radius 2 is 1.93 bits per heavy atom. The monoisotopic (exact) mass is 230 g/mol. The van der Waals surface area contributed by atoms with Gasteiger partial charge >= 0.3 is 10.2 Å². The molecule has 0 heterocycles. The molecular weight excluding hydrogens is 219 g/mol. The van der Waals surface area contributed by atoms with Gasteiger partial charge in [-0.1, -0.05) is 6.08 Å². The Morgan fingerprint density at radius 3 is 2.40 bits per heavy atom. The Bertz CT molecular complexity index is 422. The maximum Gasteiger partial charge on any atom is 0.332 e. The van der Waals surface area contributed by atoms with E-state index in [1.54, 1.807) is 6.08 Å². The van der Waals surface area contributed by atoms with Crippen LogP contribution in [0.2, 0.25) is 0 Å². The molecule has 0 aliphatic heterocycles. The zero-order valence-corrected chi connectivity index (χ0v) is 8.84. The molecule has 0 N–H and O–H groups in total. The van der Waals surface area contributed by atoms with Crippen LogP contribution in [0, 0.1) is 0 Å². The lowest BCUT2D eigenvalue weighted by Crippen LogP contribution is -1.96. The first-order chi connectivity index (χ1) is 7.04. The van der Waals surface area contributed by atoms with Crippen molar-refractivity contribution in [3.63, 3.8) is 0 Å². The van der Waals surface area contributed by atoms with E-state index < -0.39 is 10.2 Å². The lowest BCUT2D eigenvalue weighted by molar-refractivity contribution is 0.325. The molecule has 0 saturated carbocycles. The van der Waals surface area contributed by atoms with Gasteiger partial charge < -0.3 is 4.74 Å². The molecule has 0 amide bonds. The summed E-state index contributed by atoms with van der Waals surface area (Å²) in [6.45, 7) is 3.99. The van der Waals surface area contributed by atoms with Crippen LogP contribution in [0.25, 0.3) is 0 Å². The highest BCUT2D eigenvalue weighted by Crippen LogP contribution is 2.17. The molecule has 0 aliphatic carbocycles. The Labute approximate surface area is 88.4 Å². The number of benzene rings is 1. The van der Waals surface area contributed by atoms with E-state index in [1.165, 1.54) is 24.3 Å². The molecule has 5 heteroatoms. The van der Waals surface area contributed by atoms with Gasteiger partial charge in [0.25, 0.3) is 0 Å². The molecule has 0 fully saturated rings. The molecule has 3 nitrogen and oxygen atoms in total. The molecule has 0 radical (unpaired) electrons. The summed E-state index contributed by atoms with van der Waals surface area (Å²) >= 11 is 0. The summed E-state index contributed by atoms with van der Waals surface area (Å²) in [5, 5.41) is 0. The normalized spacial score (nSPS) is 11.0. The van der Waals surface area contributed by atoms with Crippen LogP contribution in [0.4, 0.5) is 3.89 Å². The van der Waals surface area contributed by atoms with Crippen molar-refractivity contribution >= 4 is 10.2 Å². The van der Waals surface area contributed by atoms with Gasteiger partial charge in [0.1, 0.15) is 5.75 Å². The predicted octanol–water partition coefficient (Wildman–Crippen LogP) is 2.30. The van der Waals surface area contributed by atoms with Crippen LogP contribution in [0.3, 0.4) is 0 Å². The van der Waals surface area contributed by atoms with Crippen molar-refractivity contribution in [1.29, 1.82) is 0 Å². The van der Waals surface area contributed by atoms with Gasteiger partial charge in [-0.05, 0) is 30.7 Å². The molecule has 0 spiro atoms. The summed E-state index contributed by atoms with van der Waals surface area (Å²) < 4.78 is 38.7. The van der Waals surface area contributed by atoms with Gasteiger partial charge in [0.05, 0.1) is 11.5 Å². The summed E-state index contributed by atoms with van der Waals surface area (Å²) in [6.07, 6.45) is 2.41. The summed E-state index contributed by atoms with van der Waals surface area (Å²) in [6, 6.07) is 5.16. The maximum absolute atomic E-state index is 12.5. The summed E-state index contributed by atoms with van der Waals surface area (Å²) in [7, 11) is -4.62. The Balaban J connectivity index is 2.69. The number of ether oxygens (including phenoxy) is 1. The smallest absolute Gasteiger partial charge is 0.332 e. The van der Waals surface area contributed by atoms with Gasteiger partial charge in [-0.25, -0.2) is 0 Å². The first kappa shape index (κ1) is 11.7. The van der Waals surface area contributed by atoms with Gasteiger partial charge in [-0.15, -0.1) is 10.5 Å². The lowest BCUT2D eigenvalue weighted by Gasteiger charge is -2.04. The van der Waals surface area contributed by atoms with E-state index in [0.29, 0.717) is 18.8 Å². The highest BCUT2D eigenvalue weighted by Gasteiger charge is 2.10. The van der Waals surface area contributed by atoms with E-state index in [9.17, 15) is 12.3 Å². The minimum Gasteiger partial charge on any atom is -0.493 e. The van der Waals surface area contributed by atoms with E-state index >= 15 is 0 Å². The van der Waals surface area contributed by atoms with E-state index in [2.05, 4.69) is 6.58 Å². The zero-order valence-electron chi connectivity index (χ0n) is 8.02. The molecule has 0 unspecified atom stereocenters. The van der Waals surface area contributed by atoms with Gasteiger partial charge in [0, 0.05) is 0 Å². The van der Waals surface area contributed by atoms with E-state index in [0.717, 1.165) is 0 Å². The molecule has 0 aliphatic rings. The van der Waals surface area contributed by atoms with E-state index in [1.807, 2.05) is 0 Å². The SMILES string of the molecule is C=CCCOc1ccc(S(=O)(=O)F)cc1. The van der Waals surface area contributed by atoms with Crippen LogP contribution in [-0.4, -0.2) is 15.0 Å². The molecule has 0 atom stereocenters. The molecular formula is C10H11FO3S. The summed E-state index contributed by atoms with van der Waals surface area (Å²) in [5.41, 5.74) is 0. The van der Waals surface area contributed by atoms with Gasteiger partial charge in [-0.3, -0.25) is 0 Å². The molecule has 15 heavy (non-hydrogen) atoms. The average Bonchev–Trinajstić information content (AvgIpc) is 2.18. The minimum atomic E-state index is -4.62. The second-order valence-electron chi connectivity index (χ2n) is 2.84. The van der Waals surface area contributed by atoms with Crippen molar-refractivity contribution in [2.75, 3.05) is 6.61 Å². The summed E-state index contributed by atoms with van der Waals surface area (Å²) in [5.74, 6) is 0.504. The van der Waals surface area contributed by atoms with Crippen LogP contribution < -0.4 is 4.74 Å². The highest BCUT2D eigenvalue weighted by atomic mass is 32.3. The van der Waals surface area contributed by atoms with Crippen molar-refractivity contribution in [2.24, 2.45) is 0 Å². The Hall–Kier alpha value is -1.36. The second-order valence-corrected chi connectivity index (χ2v) is 4.18. The molecule has 0 bridgehead atoms. The fourth-order valence-electron chi connectivity index (χ4n) is 0.959. The van der Waals surface area contributed by atoms with Gasteiger partial charge in [0.15, 0.2) is 0 Å². The molecule has 1 aromatic rings. The standard InChI is InChI=1S/C10H11FO3S/c1-2-3-8-14-9-4-6-10(7-5-9)15(11,12)13/h2,4-7H,1,3,8H2. The first-order valence-electron chi connectivity index (χ1n) is 4.32. The van der Waals surface area contributed by atoms with E-state index in [4.69, 9.17) is 4.74 Å². The first-order valence-corrected chi connectivity index (χ1v) is 5.71. The quantitative estimate of drug-likeness (QED) is 0.443. The summed E-state index contributed by atoms with van der Waals surface area (Å²) in [4.78, 5) is -0.362. The van der Waals surface area contributed by atoms with Crippen LogP contribution in [0.5, 0.6) is 5.75 Å². The highest BCUT2D eigenvalue weighted by molar-refractivity contribution is 7.86. The number of hydrogen-bond acceptors (Lipinski definition) is 3. The molecule has 0 saturated heterocycles. The zero-order chi connectivity index (χ0) is 11.3. The third-order valence-electron chi connectivity index (χ3n) is 1.70. The average molecular weight is 230 g/mol. The molecule has 82 valence electrons. The van der Waals surface area contributed by atoms with Crippen molar-refractivity contribution in [1.82, 2.24) is 0 Å². The number of rotatable bonds is 5. The van der Waals surface area contributed by atoms with Crippen LogP contribution in [0.1, 0.15) is 6.42 Å². The lowest BCUT2D eigenvalue weighted by atomic mass is 10.3. The second kappa shape index (κ2) is 4.93. The number of halogens is 1. The third kappa shape index (κ3) is 3.71. The Kier molecular flexibility index (Phi) is 3.85. The van der Waals surface area contributed by atoms with Crippen LogP contribution >= 0.6 is 0 Å². The van der Waals surface area contributed by atoms with Crippen molar-refractivity contribution in [3.8, 4) is 5.75 Å². The van der Waals surface area contributed by atoms with Crippen molar-refractivity contribution in [2.45, 2.75) is 11.3 Å². The van der Waals surface area contributed by atoms with Crippen LogP contribution in [-0.2, 0) is 10.2 Å². The molecule has 1 rings (SSSR count). The van der Waals surface area contributed by atoms with E-state index in [-0.39, 0.29) is 4.90 Å². The number of hydrogen-bond donors (Lipinski definition) is 0. The predicted molar refractivity (Wildman–Crippen MR) is 55.0 cm³/mol. The third-order valence-corrected chi connectivity index (χ3v) is 2.53. The minimum absolute atomic E-state index is 0.362. The van der Waals surface area contributed by atoms with Gasteiger partial charge in [0.2, 0.25) is 0 Å². The Morgan fingerprint density at radius 1 is 1.33 bits per heavy atom. The topological polar surface area (TPSA) is 43.4 Å². The van der Waals surface area contributed by atoms with Crippen molar-refractivity contribution < 1.29 is 17.0 Å².